The second kappa shape index (κ2) is 4.63. The molecule has 2 rings (SSSR count). The Bertz CT molecular complexity index is 159. The smallest absolute Gasteiger partial charge is 0.0620 e. The van der Waals surface area contributed by atoms with E-state index >= 15 is 0 Å². The Kier molecular flexibility index (Phi) is 3.47. The van der Waals surface area contributed by atoms with Crippen molar-refractivity contribution < 1.29 is 4.74 Å². The molecule has 3 atom stereocenters. The molecule has 0 aromatic heterocycles. The zero-order valence-corrected chi connectivity index (χ0v) is 8.72. The number of halogens is 1. The van der Waals surface area contributed by atoms with E-state index in [1.807, 2.05) is 0 Å². The number of ether oxygens (including phenoxy) is 1. The first kappa shape index (κ1) is 9.75. The van der Waals surface area contributed by atoms with Crippen LogP contribution in [0, 0.1) is 5.92 Å². The summed E-state index contributed by atoms with van der Waals surface area (Å²) in [5.41, 5.74) is 0. The fourth-order valence-electron chi connectivity index (χ4n) is 2.24. The predicted molar refractivity (Wildman–Crippen MR) is 54.2 cm³/mol. The summed E-state index contributed by atoms with van der Waals surface area (Å²) in [4.78, 5) is 0. The molecule has 0 aromatic rings. The van der Waals surface area contributed by atoms with Crippen LogP contribution in [0.4, 0.5) is 0 Å². The van der Waals surface area contributed by atoms with Gasteiger partial charge < -0.3 is 10.1 Å². The molecule has 1 saturated heterocycles. The van der Waals surface area contributed by atoms with Crippen molar-refractivity contribution >= 4 is 11.6 Å². The van der Waals surface area contributed by atoms with E-state index in [0.29, 0.717) is 17.3 Å². The summed E-state index contributed by atoms with van der Waals surface area (Å²) >= 11 is 6.19. The Labute approximate surface area is 85.0 Å². The van der Waals surface area contributed by atoms with Gasteiger partial charge in [-0.15, -0.1) is 11.6 Å². The molecule has 0 spiro atoms. The van der Waals surface area contributed by atoms with Gasteiger partial charge in [0.05, 0.1) is 6.61 Å². The minimum Gasteiger partial charge on any atom is -0.380 e. The number of rotatable bonds is 3. The minimum atomic E-state index is 0.412. The van der Waals surface area contributed by atoms with Gasteiger partial charge in [-0.05, 0) is 31.7 Å². The van der Waals surface area contributed by atoms with Crippen LogP contribution in [-0.4, -0.2) is 31.2 Å². The average molecular weight is 204 g/mol. The van der Waals surface area contributed by atoms with E-state index in [1.165, 1.54) is 25.7 Å². The third-order valence-corrected chi connectivity index (χ3v) is 3.74. The molecule has 1 heterocycles. The highest BCUT2D eigenvalue weighted by molar-refractivity contribution is 6.20. The topological polar surface area (TPSA) is 21.3 Å². The Hall–Kier alpha value is 0.210. The van der Waals surface area contributed by atoms with Crippen LogP contribution in [0.25, 0.3) is 0 Å². The normalized spacial score (nSPS) is 39.9. The molecular weight excluding hydrogens is 186 g/mol. The summed E-state index contributed by atoms with van der Waals surface area (Å²) in [6.45, 7) is 2.90. The van der Waals surface area contributed by atoms with Crippen LogP contribution in [0.3, 0.4) is 0 Å². The van der Waals surface area contributed by atoms with Gasteiger partial charge in [0.15, 0.2) is 0 Å². The van der Waals surface area contributed by atoms with E-state index in [0.717, 1.165) is 19.8 Å². The molecule has 3 heteroatoms. The number of hydrogen-bond acceptors (Lipinski definition) is 2. The van der Waals surface area contributed by atoms with Crippen molar-refractivity contribution in [3.63, 3.8) is 0 Å². The van der Waals surface area contributed by atoms with Gasteiger partial charge in [0.25, 0.3) is 0 Å². The largest absolute Gasteiger partial charge is 0.380 e. The van der Waals surface area contributed by atoms with Crippen LogP contribution in [0.2, 0.25) is 0 Å². The maximum Gasteiger partial charge on any atom is 0.0620 e. The summed E-state index contributed by atoms with van der Waals surface area (Å²) < 4.78 is 5.30. The lowest BCUT2D eigenvalue weighted by Gasteiger charge is -2.17. The molecule has 76 valence electrons. The maximum atomic E-state index is 6.19. The standard InChI is InChI=1S/C10H18ClNO/c11-10-3-1-2-8(10)6-12-9-4-5-13-7-9/h8-10,12H,1-7H2. The van der Waals surface area contributed by atoms with E-state index in [9.17, 15) is 0 Å². The first-order chi connectivity index (χ1) is 6.36. The number of alkyl halides is 1. The van der Waals surface area contributed by atoms with E-state index < -0.39 is 0 Å². The van der Waals surface area contributed by atoms with Crippen LogP contribution in [0.5, 0.6) is 0 Å². The molecule has 1 saturated carbocycles. The van der Waals surface area contributed by atoms with Gasteiger partial charge in [0, 0.05) is 18.0 Å². The lowest BCUT2D eigenvalue weighted by molar-refractivity contribution is 0.189. The van der Waals surface area contributed by atoms with Crippen LogP contribution in [-0.2, 0) is 4.74 Å². The molecule has 2 aliphatic rings. The molecule has 2 nitrogen and oxygen atoms in total. The zero-order chi connectivity index (χ0) is 9.10. The van der Waals surface area contributed by atoms with Crippen LogP contribution < -0.4 is 5.32 Å². The van der Waals surface area contributed by atoms with Crippen LogP contribution in [0.15, 0.2) is 0 Å². The average Bonchev–Trinajstić information content (AvgIpc) is 2.72. The van der Waals surface area contributed by atoms with E-state index in [2.05, 4.69) is 5.32 Å². The fraction of sp³-hybridized carbons (Fsp3) is 1.00. The van der Waals surface area contributed by atoms with E-state index in [-0.39, 0.29) is 0 Å². The first-order valence-corrected chi connectivity index (χ1v) is 5.75. The maximum absolute atomic E-state index is 6.19. The molecule has 1 aliphatic carbocycles. The van der Waals surface area contributed by atoms with Crippen molar-refractivity contribution in [1.82, 2.24) is 5.32 Å². The molecule has 13 heavy (non-hydrogen) atoms. The summed E-state index contributed by atoms with van der Waals surface area (Å²) in [6.07, 6.45) is 4.98. The zero-order valence-electron chi connectivity index (χ0n) is 7.97. The summed E-state index contributed by atoms with van der Waals surface area (Å²) in [6, 6.07) is 0.587. The van der Waals surface area contributed by atoms with Crippen molar-refractivity contribution in [2.24, 2.45) is 5.92 Å². The van der Waals surface area contributed by atoms with Crippen molar-refractivity contribution in [2.45, 2.75) is 37.1 Å². The van der Waals surface area contributed by atoms with Gasteiger partial charge >= 0.3 is 0 Å². The Balaban J connectivity index is 1.66. The lowest BCUT2D eigenvalue weighted by Crippen LogP contribution is -2.34. The molecule has 0 radical (unpaired) electrons. The molecule has 0 aromatic carbocycles. The molecule has 1 N–H and O–H groups in total. The van der Waals surface area contributed by atoms with E-state index in [1.54, 1.807) is 0 Å². The predicted octanol–water partition coefficient (Wildman–Crippen LogP) is 1.77. The van der Waals surface area contributed by atoms with Crippen LogP contribution in [0.1, 0.15) is 25.7 Å². The fourth-order valence-corrected chi connectivity index (χ4v) is 2.60. The van der Waals surface area contributed by atoms with Crippen molar-refractivity contribution in [2.75, 3.05) is 19.8 Å². The van der Waals surface area contributed by atoms with Gasteiger partial charge in [0.2, 0.25) is 0 Å². The molecule has 0 amide bonds. The third kappa shape index (κ3) is 2.58. The summed E-state index contributed by atoms with van der Waals surface area (Å²) in [5.74, 6) is 0.697. The van der Waals surface area contributed by atoms with Crippen molar-refractivity contribution in [1.29, 1.82) is 0 Å². The number of nitrogens with one attached hydrogen (secondary N) is 1. The molecule has 2 fully saturated rings. The Morgan fingerprint density at radius 1 is 1.31 bits per heavy atom. The van der Waals surface area contributed by atoms with Gasteiger partial charge in [-0.2, -0.15) is 0 Å². The highest BCUT2D eigenvalue weighted by Crippen LogP contribution is 2.29. The second-order valence-electron chi connectivity index (χ2n) is 4.18. The number of hydrogen-bond donors (Lipinski definition) is 1. The summed E-state index contributed by atoms with van der Waals surface area (Å²) in [7, 11) is 0. The molecule has 1 aliphatic heterocycles. The lowest BCUT2D eigenvalue weighted by atomic mass is 10.1. The molecule has 0 bridgehead atoms. The molecule has 3 unspecified atom stereocenters. The summed E-state index contributed by atoms with van der Waals surface area (Å²) in [5, 5.41) is 3.96. The SMILES string of the molecule is ClC1CCCC1CNC1CCOC1. The van der Waals surface area contributed by atoms with Crippen molar-refractivity contribution in [3.8, 4) is 0 Å². The van der Waals surface area contributed by atoms with Crippen molar-refractivity contribution in [3.05, 3.63) is 0 Å². The van der Waals surface area contributed by atoms with Gasteiger partial charge in [-0.1, -0.05) is 6.42 Å². The van der Waals surface area contributed by atoms with Gasteiger partial charge in [0.1, 0.15) is 0 Å². The van der Waals surface area contributed by atoms with Crippen LogP contribution >= 0.6 is 11.6 Å². The van der Waals surface area contributed by atoms with E-state index in [4.69, 9.17) is 16.3 Å². The Morgan fingerprint density at radius 2 is 2.23 bits per heavy atom. The Morgan fingerprint density at radius 3 is 2.85 bits per heavy atom. The van der Waals surface area contributed by atoms with Gasteiger partial charge in [-0.3, -0.25) is 0 Å². The first-order valence-electron chi connectivity index (χ1n) is 5.31. The van der Waals surface area contributed by atoms with Gasteiger partial charge in [-0.25, -0.2) is 0 Å². The molecular formula is C10H18ClNO. The highest BCUT2D eigenvalue weighted by atomic mass is 35.5. The highest BCUT2D eigenvalue weighted by Gasteiger charge is 2.26. The monoisotopic (exact) mass is 203 g/mol. The quantitative estimate of drug-likeness (QED) is 0.707. The third-order valence-electron chi connectivity index (χ3n) is 3.16. The minimum absolute atomic E-state index is 0.412. The second-order valence-corrected chi connectivity index (χ2v) is 4.74.